The van der Waals surface area contributed by atoms with Crippen LogP contribution < -0.4 is 5.73 Å². The largest absolute Gasteiger partial charge is 0.462 e. The lowest BCUT2D eigenvalue weighted by Crippen LogP contribution is -2.15. The smallest absolute Gasteiger partial charge is 0.340 e. The van der Waals surface area contributed by atoms with E-state index >= 15 is 0 Å². The van der Waals surface area contributed by atoms with Gasteiger partial charge in [0.1, 0.15) is 0 Å². The molecule has 18 heavy (non-hydrogen) atoms. The molecule has 0 amide bonds. The standard InChI is InChI=1S/C14H22N2O2/c1-3-5-6-11(4-2)10-18-14(17)12-7-8-16-9-13(12)15/h7-9,11H,3-6,10,15H2,1-2H3. The van der Waals surface area contributed by atoms with Gasteiger partial charge in [0.25, 0.3) is 0 Å². The molecule has 0 saturated heterocycles. The van der Waals surface area contributed by atoms with Gasteiger partial charge in [-0.3, -0.25) is 4.98 Å². The minimum absolute atomic E-state index is 0.357. The molecule has 4 nitrogen and oxygen atoms in total. The molecule has 0 radical (unpaired) electrons. The lowest BCUT2D eigenvalue weighted by molar-refractivity contribution is 0.0429. The first-order chi connectivity index (χ1) is 8.69. The number of nitrogens with zero attached hydrogens (tertiary/aromatic N) is 1. The summed E-state index contributed by atoms with van der Waals surface area (Å²) in [7, 11) is 0. The highest BCUT2D eigenvalue weighted by Crippen LogP contribution is 2.15. The molecule has 4 heteroatoms. The molecule has 1 aromatic heterocycles. The van der Waals surface area contributed by atoms with Crippen molar-refractivity contribution in [3.05, 3.63) is 24.0 Å². The van der Waals surface area contributed by atoms with Crippen molar-refractivity contribution in [2.75, 3.05) is 12.3 Å². The van der Waals surface area contributed by atoms with Crippen LogP contribution in [0.2, 0.25) is 0 Å². The lowest BCUT2D eigenvalue weighted by Gasteiger charge is -2.14. The Bertz CT molecular complexity index is 380. The Kier molecular flexibility index (Phi) is 6.19. The Labute approximate surface area is 109 Å². The second-order valence-electron chi connectivity index (χ2n) is 4.48. The number of carbonyl (C=O) groups is 1. The molecule has 0 aliphatic heterocycles. The Morgan fingerprint density at radius 1 is 1.50 bits per heavy atom. The van der Waals surface area contributed by atoms with E-state index in [1.165, 1.54) is 19.0 Å². The maximum Gasteiger partial charge on any atom is 0.340 e. The van der Waals surface area contributed by atoms with Gasteiger partial charge in [0, 0.05) is 6.20 Å². The number of nitrogen functional groups attached to an aromatic ring is 1. The molecule has 0 spiro atoms. The third-order valence-electron chi connectivity index (χ3n) is 3.07. The van der Waals surface area contributed by atoms with Gasteiger partial charge in [-0.05, 0) is 18.4 Å². The molecule has 0 aliphatic carbocycles. The van der Waals surface area contributed by atoms with Crippen molar-refractivity contribution in [3.63, 3.8) is 0 Å². The molecule has 0 bridgehead atoms. The number of nitrogens with two attached hydrogens (primary N) is 1. The monoisotopic (exact) mass is 250 g/mol. The predicted molar refractivity (Wildman–Crippen MR) is 72.2 cm³/mol. The Morgan fingerprint density at radius 3 is 2.89 bits per heavy atom. The van der Waals surface area contributed by atoms with E-state index in [1.807, 2.05) is 0 Å². The number of anilines is 1. The Balaban J connectivity index is 2.47. The van der Waals surface area contributed by atoms with Crippen molar-refractivity contribution >= 4 is 11.7 Å². The maximum absolute atomic E-state index is 11.8. The number of carbonyl (C=O) groups excluding carboxylic acids is 1. The first-order valence-corrected chi connectivity index (χ1v) is 6.55. The molecular weight excluding hydrogens is 228 g/mol. The van der Waals surface area contributed by atoms with Gasteiger partial charge < -0.3 is 10.5 Å². The molecule has 1 aromatic rings. The third kappa shape index (κ3) is 4.35. The molecule has 1 rings (SSSR count). The van der Waals surface area contributed by atoms with E-state index in [1.54, 1.807) is 12.3 Å². The average molecular weight is 250 g/mol. The van der Waals surface area contributed by atoms with E-state index in [-0.39, 0.29) is 5.97 Å². The van der Waals surface area contributed by atoms with Crippen LogP contribution in [0, 0.1) is 5.92 Å². The second kappa shape index (κ2) is 7.69. The number of rotatable bonds is 7. The zero-order chi connectivity index (χ0) is 13.4. The summed E-state index contributed by atoms with van der Waals surface area (Å²) in [6.45, 7) is 4.75. The molecule has 1 heterocycles. The molecule has 0 fully saturated rings. The number of esters is 1. The van der Waals surface area contributed by atoms with Crippen molar-refractivity contribution in [1.82, 2.24) is 4.98 Å². The lowest BCUT2D eigenvalue weighted by atomic mass is 10.0. The molecule has 1 atom stereocenters. The minimum Gasteiger partial charge on any atom is -0.462 e. The second-order valence-corrected chi connectivity index (χ2v) is 4.48. The van der Waals surface area contributed by atoms with Crippen molar-refractivity contribution in [3.8, 4) is 0 Å². The maximum atomic E-state index is 11.8. The highest BCUT2D eigenvalue weighted by molar-refractivity contribution is 5.94. The van der Waals surface area contributed by atoms with Gasteiger partial charge in [-0.1, -0.05) is 33.1 Å². The summed E-state index contributed by atoms with van der Waals surface area (Å²) in [6, 6.07) is 1.59. The summed E-state index contributed by atoms with van der Waals surface area (Å²) in [5.41, 5.74) is 6.44. The van der Waals surface area contributed by atoms with E-state index in [0.717, 1.165) is 12.8 Å². The summed E-state index contributed by atoms with van der Waals surface area (Å²) in [4.78, 5) is 15.7. The van der Waals surface area contributed by atoms with E-state index in [0.29, 0.717) is 23.8 Å². The van der Waals surface area contributed by atoms with Gasteiger partial charge in [0.15, 0.2) is 0 Å². The van der Waals surface area contributed by atoms with Gasteiger partial charge >= 0.3 is 5.97 Å². The molecule has 1 unspecified atom stereocenters. The number of pyridine rings is 1. The van der Waals surface area contributed by atoms with E-state index in [9.17, 15) is 4.79 Å². The summed E-state index contributed by atoms with van der Waals surface area (Å²) in [5, 5.41) is 0. The normalized spacial score (nSPS) is 12.1. The summed E-state index contributed by atoms with van der Waals surface area (Å²) < 4.78 is 5.31. The fourth-order valence-corrected chi connectivity index (χ4v) is 1.76. The SMILES string of the molecule is CCCCC(CC)COC(=O)c1ccncc1N. The molecule has 0 aromatic carbocycles. The van der Waals surface area contributed by atoms with Crippen molar-refractivity contribution in [1.29, 1.82) is 0 Å². The predicted octanol–water partition coefficient (Wildman–Crippen LogP) is 3.04. The molecular formula is C14H22N2O2. The van der Waals surface area contributed by atoms with Crippen LogP contribution in [0.5, 0.6) is 0 Å². The van der Waals surface area contributed by atoms with E-state index in [4.69, 9.17) is 10.5 Å². The van der Waals surface area contributed by atoms with Gasteiger partial charge in [-0.2, -0.15) is 0 Å². The van der Waals surface area contributed by atoms with Crippen LogP contribution in [-0.4, -0.2) is 17.6 Å². The summed E-state index contributed by atoms with van der Waals surface area (Å²) >= 11 is 0. The fraction of sp³-hybridized carbons (Fsp3) is 0.571. The molecule has 0 aliphatic rings. The van der Waals surface area contributed by atoms with Crippen LogP contribution >= 0.6 is 0 Å². The highest BCUT2D eigenvalue weighted by Gasteiger charge is 2.13. The highest BCUT2D eigenvalue weighted by atomic mass is 16.5. The minimum atomic E-state index is -0.357. The topological polar surface area (TPSA) is 65.2 Å². The first kappa shape index (κ1) is 14.5. The Hall–Kier alpha value is -1.58. The molecule has 100 valence electrons. The van der Waals surface area contributed by atoms with Crippen LogP contribution in [0.1, 0.15) is 49.9 Å². The number of hydrogen-bond acceptors (Lipinski definition) is 4. The van der Waals surface area contributed by atoms with Gasteiger partial charge in [-0.25, -0.2) is 4.79 Å². The zero-order valence-corrected chi connectivity index (χ0v) is 11.2. The average Bonchev–Trinajstić information content (AvgIpc) is 2.39. The fourth-order valence-electron chi connectivity index (χ4n) is 1.76. The number of aromatic nitrogens is 1. The van der Waals surface area contributed by atoms with Gasteiger partial charge in [-0.15, -0.1) is 0 Å². The number of ether oxygens (including phenoxy) is 1. The van der Waals surface area contributed by atoms with Crippen molar-refractivity contribution < 1.29 is 9.53 Å². The Morgan fingerprint density at radius 2 is 2.28 bits per heavy atom. The van der Waals surface area contributed by atoms with Crippen molar-refractivity contribution in [2.45, 2.75) is 39.5 Å². The molecule has 0 saturated carbocycles. The van der Waals surface area contributed by atoms with Crippen LogP contribution in [0.15, 0.2) is 18.5 Å². The van der Waals surface area contributed by atoms with Crippen LogP contribution in [0.3, 0.4) is 0 Å². The van der Waals surface area contributed by atoms with Gasteiger partial charge in [0.2, 0.25) is 0 Å². The third-order valence-corrected chi connectivity index (χ3v) is 3.07. The first-order valence-electron chi connectivity index (χ1n) is 6.55. The molecule has 2 N–H and O–H groups in total. The van der Waals surface area contributed by atoms with Gasteiger partial charge in [0.05, 0.1) is 24.1 Å². The summed E-state index contributed by atoms with van der Waals surface area (Å²) in [6.07, 6.45) is 7.48. The number of hydrogen-bond donors (Lipinski definition) is 1. The van der Waals surface area contributed by atoms with E-state index in [2.05, 4.69) is 18.8 Å². The van der Waals surface area contributed by atoms with Crippen LogP contribution in [-0.2, 0) is 4.74 Å². The zero-order valence-electron chi connectivity index (χ0n) is 11.2. The quantitative estimate of drug-likeness (QED) is 0.755. The van der Waals surface area contributed by atoms with E-state index < -0.39 is 0 Å². The number of unbranched alkanes of at least 4 members (excludes halogenated alkanes) is 1. The summed E-state index contributed by atoms with van der Waals surface area (Å²) in [5.74, 6) is 0.0850. The van der Waals surface area contributed by atoms with Crippen LogP contribution in [0.25, 0.3) is 0 Å². The van der Waals surface area contributed by atoms with Crippen LogP contribution in [0.4, 0.5) is 5.69 Å². The van der Waals surface area contributed by atoms with Crippen molar-refractivity contribution in [2.24, 2.45) is 5.92 Å².